The molecule has 1 fully saturated rings. The second-order valence-corrected chi connectivity index (χ2v) is 3.87. The van der Waals surface area contributed by atoms with Crippen molar-refractivity contribution in [1.29, 1.82) is 0 Å². The second-order valence-electron chi connectivity index (χ2n) is 3.87. The summed E-state index contributed by atoms with van der Waals surface area (Å²) in [5.74, 6) is -0.444. The Hall–Kier alpha value is -0.250. The summed E-state index contributed by atoms with van der Waals surface area (Å²) in [4.78, 5) is 0. The lowest BCUT2D eigenvalue weighted by molar-refractivity contribution is -0.288. The molecule has 0 spiro atoms. The molecule has 0 aromatic rings. The smallest absolute Gasteiger partial charge is 0.393 e. The highest BCUT2D eigenvalue weighted by atomic mass is 19.4. The van der Waals surface area contributed by atoms with Gasteiger partial charge < -0.3 is 5.11 Å². The summed E-state index contributed by atoms with van der Waals surface area (Å²) < 4.78 is 37.4. The Kier molecular flexibility index (Phi) is 2.15. The van der Waals surface area contributed by atoms with Crippen molar-refractivity contribution in [2.24, 2.45) is 11.3 Å². The van der Waals surface area contributed by atoms with E-state index >= 15 is 0 Å². The molecule has 0 aromatic carbocycles. The van der Waals surface area contributed by atoms with E-state index in [0.717, 1.165) is 0 Å². The Labute approximate surface area is 69.6 Å². The van der Waals surface area contributed by atoms with Gasteiger partial charge >= 0.3 is 6.18 Å². The van der Waals surface area contributed by atoms with Gasteiger partial charge in [-0.05, 0) is 18.8 Å². The van der Waals surface area contributed by atoms with E-state index in [4.69, 9.17) is 5.11 Å². The fourth-order valence-corrected chi connectivity index (χ4v) is 1.81. The Morgan fingerprint density at radius 2 is 1.75 bits per heavy atom. The molecule has 1 saturated carbocycles. The number of hydrogen-bond acceptors (Lipinski definition) is 1. The van der Waals surface area contributed by atoms with Crippen LogP contribution >= 0.6 is 0 Å². The van der Waals surface area contributed by atoms with Crippen molar-refractivity contribution in [3.63, 3.8) is 0 Å². The van der Waals surface area contributed by atoms with Gasteiger partial charge in [-0.25, -0.2) is 0 Å². The van der Waals surface area contributed by atoms with Gasteiger partial charge in [0.2, 0.25) is 0 Å². The quantitative estimate of drug-likeness (QED) is 0.660. The van der Waals surface area contributed by atoms with Crippen LogP contribution in [0.15, 0.2) is 0 Å². The molecule has 0 atom stereocenters. The first-order chi connectivity index (χ1) is 5.29. The minimum absolute atomic E-state index is 0.131. The maximum atomic E-state index is 12.5. The molecule has 1 rings (SSSR count). The molecule has 12 heavy (non-hydrogen) atoms. The zero-order valence-corrected chi connectivity index (χ0v) is 7.15. The average Bonchev–Trinajstić information content (AvgIpc) is 1.76. The second kappa shape index (κ2) is 2.62. The molecule has 0 saturated heterocycles. The van der Waals surface area contributed by atoms with Crippen LogP contribution in [0.4, 0.5) is 13.2 Å². The monoisotopic (exact) mass is 182 g/mol. The minimum Gasteiger partial charge on any atom is -0.393 e. The molecular formula is C8H13F3O. The van der Waals surface area contributed by atoms with Crippen LogP contribution in [-0.4, -0.2) is 17.4 Å². The van der Waals surface area contributed by atoms with Gasteiger partial charge in [-0.15, -0.1) is 0 Å². The van der Waals surface area contributed by atoms with Gasteiger partial charge in [-0.2, -0.15) is 13.2 Å². The highest BCUT2D eigenvalue weighted by Crippen LogP contribution is 2.57. The van der Waals surface area contributed by atoms with Crippen LogP contribution in [0, 0.1) is 11.3 Å². The van der Waals surface area contributed by atoms with Crippen molar-refractivity contribution in [1.82, 2.24) is 0 Å². The minimum atomic E-state index is -4.17. The third-order valence-electron chi connectivity index (χ3n) is 2.87. The molecule has 0 amide bonds. The molecule has 1 aliphatic carbocycles. The van der Waals surface area contributed by atoms with Crippen LogP contribution < -0.4 is 0 Å². The Morgan fingerprint density at radius 3 is 1.83 bits per heavy atom. The first kappa shape index (κ1) is 9.84. The number of aliphatic hydroxyl groups excluding tert-OH is 1. The molecule has 0 bridgehead atoms. The summed E-state index contributed by atoms with van der Waals surface area (Å²) in [6, 6.07) is 0. The summed E-state index contributed by atoms with van der Waals surface area (Å²) in [5.41, 5.74) is -1.62. The fourth-order valence-electron chi connectivity index (χ4n) is 1.81. The molecule has 1 aliphatic rings. The van der Waals surface area contributed by atoms with Gasteiger partial charge in [0, 0.05) is 0 Å². The first-order valence-electron chi connectivity index (χ1n) is 4.04. The maximum Gasteiger partial charge on any atom is 0.394 e. The summed E-state index contributed by atoms with van der Waals surface area (Å²) in [7, 11) is 0. The Morgan fingerprint density at radius 1 is 1.33 bits per heavy atom. The normalized spacial score (nSPS) is 36.8. The van der Waals surface area contributed by atoms with Gasteiger partial charge in [-0.3, -0.25) is 0 Å². The zero-order valence-electron chi connectivity index (χ0n) is 7.15. The highest BCUT2D eigenvalue weighted by Gasteiger charge is 2.63. The predicted octanol–water partition coefficient (Wildman–Crippen LogP) is 2.35. The standard InChI is InChI=1S/C8H13F3O/c1-5(2)7(8(9,10)11)3-6(12)4-7/h5-6,12H,3-4H2,1-2H3. The fraction of sp³-hybridized carbons (Fsp3) is 1.00. The third kappa shape index (κ3) is 1.22. The molecular weight excluding hydrogens is 169 g/mol. The van der Waals surface area contributed by atoms with Gasteiger partial charge in [0.25, 0.3) is 0 Å². The van der Waals surface area contributed by atoms with Gasteiger partial charge in [-0.1, -0.05) is 13.8 Å². The lowest BCUT2D eigenvalue weighted by Crippen LogP contribution is -2.54. The summed E-state index contributed by atoms with van der Waals surface area (Å²) in [6.07, 6.45) is -5.18. The number of hydrogen-bond donors (Lipinski definition) is 1. The van der Waals surface area contributed by atoms with Crippen LogP contribution in [0.1, 0.15) is 26.7 Å². The number of aliphatic hydroxyl groups is 1. The summed E-state index contributed by atoms with van der Waals surface area (Å²) in [6.45, 7) is 3.11. The van der Waals surface area contributed by atoms with Crippen LogP contribution in [0.2, 0.25) is 0 Å². The van der Waals surface area contributed by atoms with Crippen molar-refractivity contribution in [3.05, 3.63) is 0 Å². The van der Waals surface area contributed by atoms with Crippen molar-refractivity contribution in [3.8, 4) is 0 Å². The van der Waals surface area contributed by atoms with Crippen molar-refractivity contribution in [2.75, 3.05) is 0 Å². The molecule has 1 nitrogen and oxygen atoms in total. The lowest BCUT2D eigenvalue weighted by atomic mass is 9.60. The van der Waals surface area contributed by atoms with E-state index in [1.54, 1.807) is 13.8 Å². The highest BCUT2D eigenvalue weighted by molar-refractivity contribution is 5.00. The van der Waals surface area contributed by atoms with Crippen LogP contribution in [0.3, 0.4) is 0 Å². The van der Waals surface area contributed by atoms with Crippen LogP contribution in [-0.2, 0) is 0 Å². The first-order valence-corrected chi connectivity index (χ1v) is 4.04. The van der Waals surface area contributed by atoms with Crippen molar-refractivity contribution < 1.29 is 18.3 Å². The SMILES string of the molecule is CC(C)C1(C(F)(F)F)CC(O)C1. The molecule has 0 unspecified atom stereocenters. The summed E-state index contributed by atoms with van der Waals surface area (Å²) in [5, 5.41) is 8.90. The molecule has 1 N–H and O–H groups in total. The van der Waals surface area contributed by atoms with E-state index in [9.17, 15) is 13.2 Å². The number of rotatable bonds is 1. The van der Waals surface area contributed by atoms with Gasteiger partial charge in [0.05, 0.1) is 11.5 Å². The van der Waals surface area contributed by atoms with E-state index in [1.807, 2.05) is 0 Å². The van der Waals surface area contributed by atoms with Gasteiger partial charge in [0.15, 0.2) is 0 Å². The Bertz CT molecular complexity index is 168. The molecule has 4 heteroatoms. The molecule has 0 radical (unpaired) electrons. The van der Waals surface area contributed by atoms with E-state index in [-0.39, 0.29) is 12.8 Å². The molecule has 0 aromatic heterocycles. The van der Waals surface area contributed by atoms with Crippen LogP contribution in [0.5, 0.6) is 0 Å². The Balaban J connectivity index is 2.77. The van der Waals surface area contributed by atoms with E-state index in [0.29, 0.717) is 0 Å². The molecule has 0 heterocycles. The molecule has 0 aliphatic heterocycles. The maximum absolute atomic E-state index is 12.5. The van der Waals surface area contributed by atoms with Gasteiger partial charge in [0.1, 0.15) is 0 Å². The van der Waals surface area contributed by atoms with Crippen molar-refractivity contribution >= 4 is 0 Å². The van der Waals surface area contributed by atoms with E-state index in [2.05, 4.69) is 0 Å². The zero-order chi connectivity index (χ0) is 9.57. The largest absolute Gasteiger partial charge is 0.394 e. The molecule has 72 valence electrons. The van der Waals surface area contributed by atoms with E-state index in [1.165, 1.54) is 0 Å². The number of halogens is 3. The third-order valence-corrected chi connectivity index (χ3v) is 2.87. The summed E-state index contributed by atoms with van der Waals surface area (Å²) >= 11 is 0. The average molecular weight is 182 g/mol. The van der Waals surface area contributed by atoms with Crippen LogP contribution in [0.25, 0.3) is 0 Å². The predicted molar refractivity (Wildman–Crippen MR) is 38.6 cm³/mol. The van der Waals surface area contributed by atoms with Crippen molar-refractivity contribution in [2.45, 2.75) is 39.0 Å². The number of alkyl halides is 3. The lowest BCUT2D eigenvalue weighted by Gasteiger charge is -2.49. The van der Waals surface area contributed by atoms with E-state index < -0.39 is 23.6 Å². The topological polar surface area (TPSA) is 20.2 Å².